The minimum Gasteiger partial charge on any atom is -0.392 e. The van der Waals surface area contributed by atoms with Crippen molar-refractivity contribution < 1.29 is 8.42 Å². The van der Waals surface area contributed by atoms with E-state index in [1.165, 1.54) is 0 Å². The lowest BCUT2D eigenvalue weighted by molar-refractivity contribution is 0.549. The van der Waals surface area contributed by atoms with Gasteiger partial charge in [-0.15, -0.1) is 0 Å². The molecule has 2 fully saturated rings. The number of hydrogen-bond acceptors (Lipinski definition) is 3. The van der Waals surface area contributed by atoms with E-state index < -0.39 is 10.0 Å². The van der Waals surface area contributed by atoms with Crippen LogP contribution in [0.4, 0.5) is 0 Å². The van der Waals surface area contributed by atoms with Crippen LogP contribution in [0.1, 0.15) is 38.5 Å². The molecule has 1 atom stereocenters. The fourth-order valence-electron chi connectivity index (χ4n) is 2.29. The first-order chi connectivity index (χ1) is 7.50. The molecular weight excluding hydrogens is 244 g/mol. The van der Waals surface area contributed by atoms with E-state index in [2.05, 4.69) is 4.72 Å². The van der Waals surface area contributed by atoms with E-state index in [4.69, 9.17) is 18.0 Å². The fraction of sp³-hybridized carbons (Fsp3) is 0.900. The highest BCUT2D eigenvalue weighted by molar-refractivity contribution is 7.90. The van der Waals surface area contributed by atoms with Gasteiger partial charge in [0, 0.05) is 0 Å². The van der Waals surface area contributed by atoms with E-state index >= 15 is 0 Å². The van der Waals surface area contributed by atoms with Crippen molar-refractivity contribution in [1.82, 2.24) is 4.72 Å². The van der Waals surface area contributed by atoms with Gasteiger partial charge in [-0.3, -0.25) is 0 Å². The van der Waals surface area contributed by atoms with Crippen LogP contribution in [-0.2, 0) is 10.0 Å². The Balaban J connectivity index is 2.03. The molecule has 2 aliphatic rings. The van der Waals surface area contributed by atoms with E-state index in [0.717, 1.165) is 38.5 Å². The largest absolute Gasteiger partial charge is 0.392 e. The zero-order valence-electron chi connectivity index (χ0n) is 9.19. The zero-order chi connectivity index (χ0) is 11.8. The second-order valence-corrected chi connectivity index (χ2v) is 7.25. The van der Waals surface area contributed by atoms with E-state index in [1.807, 2.05) is 0 Å². The third-order valence-corrected chi connectivity index (χ3v) is 5.62. The summed E-state index contributed by atoms with van der Waals surface area (Å²) in [6, 6.07) is -0.319. The van der Waals surface area contributed by atoms with Crippen molar-refractivity contribution in [2.24, 2.45) is 11.7 Å². The van der Waals surface area contributed by atoms with Gasteiger partial charge in [0.25, 0.3) is 0 Å². The Morgan fingerprint density at radius 2 is 1.81 bits per heavy atom. The Kier molecular flexibility index (Phi) is 3.51. The number of rotatable bonds is 5. The fourth-order valence-corrected chi connectivity index (χ4v) is 4.43. The van der Waals surface area contributed by atoms with Crippen molar-refractivity contribution in [1.29, 1.82) is 0 Å². The number of nitrogens with two attached hydrogens (primary N) is 1. The predicted molar refractivity (Wildman–Crippen MR) is 67.6 cm³/mol. The van der Waals surface area contributed by atoms with Gasteiger partial charge in [0.1, 0.15) is 0 Å². The van der Waals surface area contributed by atoms with Crippen molar-refractivity contribution in [2.45, 2.75) is 49.8 Å². The number of nitrogens with one attached hydrogen (secondary N) is 1. The lowest BCUT2D eigenvalue weighted by atomic mass is 10.2. The van der Waals surface area contributed by atoms with Crippen LogP contribution in [0.15, 0.2) is 0 Å². The van der Waals surface area contributed by atoms with Gasteiger partial charge in [-0.25, -0.2) is 13.1 Å². The van der Waals surface area contributed by atoms with Crippen LogP contribution in [0, 0.1) is 5.92 Å². The summed E-state index contributed by atoms with van der Waals surface area (Å²) in [6.45, 7) is 0. The van der Waals surface area contributed by atoms with Gasteiger partial charge in [0.15, 0.2) is 0 Å². The molecule has 1 unspecified atom stereocenters. The van der Waals surface area contributed by atoms with Gasteiger partial charge in [0.05, 0.1) is 16.3 Å². The molecule has 6 heteroatoms. The normalized spacial score (nSPS) is 24.5. The van der Waals surface area contributed by atoms with Crippen LogP contribution in [0.2, 0.25) is 0 Å². The molecule has 4 nitrogen and oxygen atoms in total. The predicted octanol–water partition coefficient (Wildman–Crippen LogP) is 0.913. The second kappa shape index (κ2) is 4.58. The van der Waals surface area contributed by atoms with Crippen LogP contribution >= 0.6 is 12.2 Å². The molecular formula is C10H18N2O2S2. The van der Waals surface area contributed by atoms with Crippen molar-refractivity contribution in [3.8, 4) is 0 Å². The van der Waals surface area contributed by atoms with Gasteiger partial charge >= 0.3 is 0 Å². The lowest BCUT2D eigenvalue weighted by Gasteiger charge is -2.19. The van der Waals surface area contributed by atoms with Crippen molar-refractivity contribution in [3.05, 3.63) is 0 Å². The van der Waals surface area contributed by atoms with E-state index in [-0.39, 0.29) is 16.3 Å². The molecule has 0 amide bonds. The molecule has 2 aliphatic carbocycles. The SMILES string of the molecule is NC(=S)C(NS(=O)(=O)C1CCCC1)C1CC1. The smallest absolute Gasteiger partial charge is 0.215 e. The summed E-state index contributed by atoms with van der Waals surface area (Å²) in [5, 5.41) is -0.233. The van der Waals surface area contributed by atoms with Crippen molar-refractivity contribution in [2.75, 3.05) is 0 Å². The minimum absolute atomic E-state index is 0.233. The molecule has 0 spiro atoms. The zero-order valence-corrected chi connectivity index (χ0v) is 10.8. The molecule has 0 aliphatic heterocycles. The maximum Gasteiger partial charge on any atom is 0.215 e. The lowest BCUT2D eigenvalue weighted by Crippen LogP contribution is -2.47. The maximum absolute atomic E-state index is 12.1. The minimum atomic E-state index is -3.23. The Morgan fingerprint density at radius 3 is 2.25 bits per heavy atom. The first-order valence-electron chi connectivity index (χ1n) is 5.81. The number of hydrogen-bond donors (Lipinski definition) is 2. The van der Waals surface area contributed by atoms with Gasteiger partial charge in [-0.2, -0.15) is 0 Å². The molecule has 0 radical (unpaired) electrons. The highest BCUT2D eigenvalue weighted by atomic mass is 32.2. The first-order valence-corrected chi connectivity index (χ1v) is 7.76. The third-order valence-electron chi connectivity index (χ3n) is 3.43. The number of thiocarbonyl (C=S) groups is 1. The van der Waals surface area contributed by atoms with Crippen LogP contribution < -0.4 is 10.5 Å². The monoisotopic (exact) mass is 262 g/mol. The molecule has 0 aromatic rings. The number of sulfonamides is 1. The van der Waals surface area contributed by atoms with Gasteiger partial charge < -0.3 is 5.73 Å². The Labute approximate surface area is 102 Å². The summed E-state index contributed by atoms with van der Waals surface area (Å²) < 4.78 is 26.8. The summed E-state index contributed by atoms with van der Waals surface area (Å²) in [4.78, 5) is 0.282. The second-order valence-electron chi connectivity index (χ2n) is 4.79. The topological polar surface area (TPSA) is 72.2 Å². The van der Waals surface area contributed by atoms with Gasteiger partial charge in [-0.1, -0.05) is 25.1 Å². The molecule has 0 aromatic heterocycles. The quantitative estimate of drug-likeness (QED) is 0.723. The van der Waals surface area contributed by atoms with E-state index in [9.17, 15) is 8.42 Å². The summed E-state index contributed by atoms with van der Waals surface area (Å²) in [6.07, 6.45) is 5.60. The van der Waals surface area contributed by atoms with Gasteiger partial charge in [-0.05, 0) is 31.6 Å². The molecule has 0 aromatic carbocycles. The van der Waals surface area contributed by atoms with Gasteiger partial charge in [0.2, 0.25) is 10.0 Å². The summed E-state index contributed by atoms with van der Waals surface area (Å²) in [5.41, 5.74) is 5.59. The molecule has 0 bridgehead atoms. The summed E-state index contributed by atoms with van der Waals surface area (Å²) in [5.74, 6) is 0.327. The molecule has 2 saturated carbocycles. The molecule has 0 heterocycles. The molecule has 0 saturated heterocycles. The average Bonchev–Trinajstić information content (AvgIpc) is 2.87. The highest BCUT2D eigenvalue weighted by Crippen LogP contribution is 2.34. The van der Waals surface area contributed by atoms with Crippen molar-refractivity contribution in [3.63, 3.8) is 0 Å². The third kappa shape index (κ3) is 2.73. The van der Waals surface area contributed by atoms with Crippen LogP contribution in [-0.4, -0.2) is 24.7 Å². The standard InChI is InChI=1S/C10H18N2O2S2/c11-10(15)9(7-5-6-7)12-16(13,14)8-3-1-2-4-8/h7-9,12H,1-6H2,(H2,11,15). The molecule has 16 heavy (non-hydrogen) atoms. The Morgan fingerprint density at radius 1 is 1.25 bits per heavy atom. The molecule has 2 rings (SSSR count). The first kappa shape index (κ1) is 12.3. The van der Waals surface area contributed by atoms with E-state index in [1.54, 1.807) is 0 Å². The van der Waals surface area contributed by atoms with Crippen LogP contribution in [0.5, 0.6) is 0 Å². The van der Waals surface area contributed by atoms with Crippen LogP contribution in [0.25, 0.3) is 0 Å². The van der Waals surface area contributed by atoms with Crippen molar-refractivity contribution >= 4 is 27.2 Å². The molecule has 92 valence electrons. The van der Waals surface area contributed by atoms with E-state index in [0.29, 0.717) is 5.92 Å². The average molecular weight is 262 g/mol. The summed E-state index contributed by atoms with van der Waals surface area (Å²) >= 11 is 4.93. The molecule has 3 N–H and O–H groups in total. The maximum atomic E-state index is 12.1. The Hall–Kier alpha value is -0.200. The Bertz CT molecular complexity index is 370. The summed E-state index contributed by atoms with van der Waals surface area (Å²) in [7, 11) is -3.23. The van der Waals surface area contributed by atoms with Crippen LogP contribution in [0.3, 0.4) is 0 Å². The highest BCUT2D eigenvalue weighted by Gasteiger charge is 2.38.